The first kappa shape index (κ1) is 11.8. The van der Waals surface area contributed by atoms with Crippen LogP contribution in [-0.4, -0.2) is 37.3 Å². The van der Waals surface area contributed by atoms with Crippen molar-refractivity contribution in [2.45, 2.75) is 31.5 Å². The number of hydrogen-bond donors (Lipinski definition) is 1. The molecule has 84 valence electrons. The average molecular weight is 210 g/mol. The van der Waals surface area contributed by atoms with Crippen LogP contribution in [0.5, 0.6) is 0 Å². The van der Waals surface area contributed by atoms with Crippen molar-refractivity contribution in [1.29, 1.82) is 0 Å². The molecule has 0 aromatic carbocycles. The number of halogens is 3. The summed E-state index contributed by atoms with van der Waals surface area (Å²) in [5, 5.41) is 0. The lowest BCUT2D eigenvalue weighted by molar-refractivity contribution is -0.146. The number of rotatable bonds is 1. The fraction of sp³-hybridized carbons (Fsp3) is 1.00. The Hall–Kier alpha value is -0.290. The molecule has 2 N–H and O–H groups in total. The lowest BCUT2D eigenvalue weighted by atomic mass is 9.92. The molecule has 5 heteroatoms. The Morgan fingerprint density at radius 2 is 1.86 bits per heavy atom. The zero-order valence-corrected chi connectivity index (χ0v) is 8.35. The largest absolute Gasteiger partial charge is 0.389 e. The van der Waals surface area contributed by atoms with Gasteiger partial charge >= 0.3 is 6.18 Å². The van der Waals surface area contributed by atoms with E-state index in [0.717, 1.165) is 6.54 Å². The summed E-state index contributed by atoms with van der Waals surface area (Å²) in [7, 11) is 1.92. The molecule has 1 rings (SSSR count). The highest BCUT2D eigenvalue weighted by Crippen LogP contribution is 2.30. The quantitative estimate of drug-likeness (QED) is 0.712. The number of alkyl halides is 3. The molecule has 1 aliphatic heterocycles. The Morgan fingerprint density at radius 3 is 2.43 bits per heavy atom. The standard InChI is InChI=1S/C9H17F3N2/c1-14-4-2-7(6-9(10,11)12)8(13)3-5-14/h7-8H,2-6,13H2,1H3. The molecule has 14 heavy (non-hydrogen) atoms. The molecule has 0 spiro atoms. The molecule has 0 aliphatic carbocycles. The van der Waals surface area contributed by atoms with Crippen molar-refractivity contribution in [3.8, 4) is 0 Å². The van der Waals surface area contributed by atoms with Gasteiger partial charge in [0.25, 0.3) is 0 Å². The van der Waals surface area contributed by atoms with Gasteiger partial charge in [-0.05, 0) is 38.9 Å². The van der Waals surface area contributed by atoms with E-state index < -0.39 is 18.5 Å². The zero-order chi connectivity index (χ0) is 10.8. The smallest absolute Gasteiger partial charge is 0.327 e. The highest BCUT2D eigenvalue weighted by Gasteiger charge is 2.35. The topological polar surface area (TPSA) is 29.3 Å². The van der Waals surface area contributed by atoms with Crippen LogP contribution in [0.25, 0.3) is 0 Å². The molecule has 0 saturated carbocycles. The minimum Gasteiger partial charge on any atom is -0.327 e. The third kappa shape index (κ3) is 3.84. The average Bonchev–Trinajstić information content (AvgIpc) is 2.17. The third-order valence-electron chi connectivity index (χ3n) is 2.82. The molecular weight excluding hydrogens is 193 g/mol. The summed E-state index contributed by atoms with van der Waals surface area (Å²) >= 11 is 0. The molecule has 1 aliphatic rings. The maximum atomic E-state index is 12.2. The number of likely N-dealkylation sites (tertiary alicyclic amines) is 1. The fourth-order valence-corrected chi connectivity index (χ4v) is 1.87. The van der Waals surface area contributed by atoms with E-state index >= 15 is 0 Å². The summed E-state index contributed by atoms with van der Waals surface area (Å²) in [5.74, 6) is -0.403. The molecule has 1 fully saturated rings. The summed E-state index contributed by atoms with van der Waals surface area (Å²) in [5.41, 5.74) is 5.72. The van der Waals surface area contributed by atoms with Crippen molar-refractivity contribution in [3.05, 3.63) is 0 Å². The molecule has 0 aromatic rings. The van der Waals surface area contributed by atoms with Crippen LogP contribution >= 0.6 is 0 Å². The van der Waals surface area contributed by atoms with Gasteiger partial charge in [0.15, 0.2) is 0 Å². The van der Waals surface area contributed by atoms with Crippen LogP contribution in [0.3, 0.4) is 0 Å². The van der Waals surface area contributed by atoms with Gasteiger partial charge in [0.1, 0.15) is 0 Å². The zero-order valence-electron chi connectivity index (χ0n) is 8.35. The van der Waals surface area contributed by atoms with Gasteiger partial charge in [-0.15, -0.1) is 0 Å². The van der Waals surface area contributed by atoms with Crippen LogP contribution in [0.15, 0.2) is 0 Å². The van der Waals surface area contributed by atoms with Crippen molar-refractivity contribution in [1.82, 2.24) is 4.90 Å². The van der Waals surface area contributed by atoms with E-state index in [-0.39, 0.29) is 6.04 Å². The minimum atomic E-state index is -4.08. The van der Waals surface area contributed by atoms with Crippen LogP contribution in [0.2, 0.25) is 0 Å². The summed E-state index contributed by atoms with van der Waals surface area (Å²) < 4.78 is 36.5. The summed E-state index contributed by atoms with van der Waals surface area (Å²) in [6, 6.07) is -0.304. The van der Waals surface area contributed by atoms with Gasteiger partial charge in [0.05, 0.1) is 0 Å². The molecular formula is C9H17F3N2. The van der Waals surface area contributed by atoms with Crippen molar-refractivity contribution < 1.29 is 13.2 Å². The molecule has 0 bridgehead atoms. The number of nitrogens with zero attached hydrogens (tertiary/aromatic N) is 1. The van der Waals surface area contributed by atoms with E-state index in [2.05, 4.69) is 0 Å². The van der Waals surface area contributed by atoms with Crippen molar-refractivity contribution in [2.75, 3.05) is 20.1 Å². The van der Waals surface area contributed by atoms with Gasteiger partial charge in [-0.2, -0.15) is 13.2 Å². The van der Waals surface area contributed by atoms with E-state index in [1.165, 1.54) is 0 Å². The Kier molecular flexibility index (Phi) is 3.78. The fourth-order valence-electron chi connectivity index (χ4n) is 1.87. The SMILES string of the molecule is CN1CCC(N)C(CC(F)(F)F)CC1. The first-order chi connectivity index (χ1) is 6.38. The van der Waals surface area contributed by atoms with Gasteiger partial charge in [0.2, 0.25) is 0 Å². The molecule has 2 atom stereocenters. The highest BCUT2D eigenvalue weighted by molar-refractivity contribution is 4.80. The van der Waals surface area contributed by atoms with Gasteiger partial charge < -0.3 is 10.6 Å². The first-order valence-electron chi connectivity index (χ1n) is 4.89. The predicted octanol–water partition coefficient (Wildman–Crippen LogP) is 1.61. The minimum absolute atomic E-state index is 0.304. The van der Waals surface area contributed by atoms with E-state index in [4.69, 9.17) is 5.73 Å². The summed E-state index contributed by atoms with van der Waals surface area (Å²) in [6.07, 6.45) is -3.60. The maximum absolute atomic E-state index is 12.2. The maximum Gasteiger partial charge on any atom is 0.389 e. The molecule has 1 heterocycles. The lowest BCUT2D eigenvalue weighted by Crippen LogP contribution is -2.33. The second kappa shape index (κ2) is 4.49. The van der Waals surface area contributed by atoms with Crippen LogP contribution < -0.4 is 5.73 Å². The molecule has 0 aromatic heterocycles. The van der Waals surface area contributed by atoms with Crippen molar-refractivity contribution >= 4 is 0 Å². The molecule has 2 unspecified atom stereocenters. The van der Waals surface area contributed by atoms with Gasteiger partial charge in [-0.3, -0.25) is 0 Å². The number of hydrogen-bond acceptors (Lipinski definition) is 2. The first-order valence-corrected chi connectivity index (χ1v) is 4.89. The highest BCUT2D eigenvalue weighted by atomic mass is 19.4. The van der Waals surface area contributed by atoms with Crippen LogP contribution in [0, 0.1) is 5.92 Å². The van der Waals surface area contributed by atoms with E-state index in [9.17, 15) is 13.2 Å². The van der Waals surface area contributed by atoms with Gasteiger partial charge in [-0.25, -0.2) is 0 Å². The predicted molar refractivity (Wildman–Crippen MR) is 48.9 cm³/mol. The lowest BCUT2D eigenvalue weighted by Gasteiger charge is -2.21. The molecule has 2 nitrogen and oxygen atoms in total. The second-order valence-corrected chi connectivity index (χ2v) is 4.12. The van der Waals surface area contributed by atoms with Crippen molar-refractivity contribution in [2.24, 2.45) is 11.7 Å². The monoisotopic (exact) mass is 210 g/mol. The molecule has 0 radical (unpaired) electrons. The Balaban J connectivity index is 2.50. The summed E-state index contributed by atoms with van der Waals surface area (Å²) in [6.45, 7) is 1.52. The van der Waals surface area contributed by atoms with Crippen LogP contribution in [-0.2, 0) is 0 Å². The normalized spacial score (nSPS) is 31.5. The van der Waals surface area contributed by atoms with E-state index in [1.54, 1.807) is 0 Å². The van der Waals surface area contributed by atoms with Crippen LogP contribution in [0.4, 0.5) is 13.2 Å². The second-order valence-electron chi connectivity index (χ2n) is 4.12. The Bertz CT molecular complexity index is 181. The van der Waals surface area contributed by atoms with Crippen LogP contribution in [0.1, 0.15) is 19.3 Å². The van der Waals surface area contributed by atoms with Gasteiger partial charge in [-0.1, -0.05) is 0 Å². The van der Waals surface area contributed by atoms with Gasteiger partial charge in [0, 0.05) is 12.5 Å². The van der Waals surface area contributed by atoms with E-state index in [1.807, 2.05) is 11.9 Å². The molecule has 0 amide bonds. The number of nitrogens with two attached hydrogens (primary N) is 1. The van der Waals surface area contributed by atoms with E-state index in [0.29, 0.717) is 19.4 Å². The molecule has 1 saturated heterocycles. The van der Waals surface area contributed by atoms with Crippen molar-refractivity contribution in [3.63, 3.8) is 0 Å². The Labute approximate surface area is 82.2 Å². The summed E-state index contributed by atoms with van der Waals surface area (Å²) in [4.78, 5) is 2.04. The Morgan fingerprint density at radius 1 is 1.29 bits per heavy atom. The third-order valence-corrected chi connectivity index (χ3v) is 2.82.